The van der Waals surface area contributed by atoms with Crippen LogP contribution in [0.25, 0.3) is 17.7 Å². The van der Waals surface area contributed by atoms with Gasteiger partial charge < -0.3 is 19.1 Å². The van der Waals surface area contributed by atoms with Crippen molar-refractivity contribution >= 4 is 23.7 Å². The molecule has 1 unspecified atom stereocenters. The van der Waals surface area contributed by atoms with Crippen molar-refractivity contribution < 1.29 is 23.9 Å². The molecule has 2 heterocycles. The predicted molar refractivity (Wildman–Crippen MR) is 164 cm³/mol. The molecule has 1 aliphatic heterocycles. The lowest BCUT2D eigenvalue weighted by Gasteiger charge is -2.31. The summed E-state index contributed by atoms with van der Waals surface area (Å²) in [5.74, 6) is 0.554. The topological polar surface area (TPSA) is 85.0 Å². The number of esters is 1. The van der Waals surface area contributed by atoms with Gasteiger partial charge in [0.2, 0.25) is 0 Å². The van der Waals surface area contributed by atoms with Crippen molar-refractivity contribution in [2.45, 2.75) is 25.9 Å². The van der Waals surface area contributed by atoms with Gasteiger partial charge in [-0.1, -0.05) is 89.6 Å². The molecule has 1 aromatic heterocycles. The van der Waals surface area contributed by atoms with Gasteiger partial charge in [0.1, 0.15) is 18.5 Å². The van der Waals surface area contributed by atoms with Crippen LogP contribution in [-0.2, 0) is 4.74 Å². The van der Waals surface area contributed by atoms with Crippen molar-refractivity contribution in [3.8, 4) is 5.75 Å². The molecule has 1 N–H and O–H groups in total. The highest BCUT2D eigenvalue weighted by Gasteiger charge is 2.21. The number of aliphatic hydroxyl groups is 1. The third-order valence-electron chi connectivity index (χ3n) is 7.20. The number of aliphatic hydroxyl groups excluding tert-OH is 1. The number of aromatic nitrogens is 1. The Labute approximate surface area is 246 Å². The first-order valence-electron chi connectivity index (χ1n) is 14.4. The van der Waals surface area contributed by atoms with Gasteiger partial charge in [0.15, 0.2) is 11.5 Å². The van der Waals surface area contributed by atoms with Crippen LogP contribution in [0.3, 0.4) is 0 Å². The molecule has 7 heteroatoms. The van der Waals surface area contributed by atoms with Gasteiger partial charge in [-0.15, -0.1) is 0 Å². The molecule has 0 spiro atoms. The second kappa shape index (κ2) is 14.4. The largest absolute Gasteiger partial charge is 0.490 e. The van der Waals surface area contributed by atoms with Crippen molar-refractivity contribution in [3.63, 3.8) is 0 Å². The van der Waals surface area contributed by atoms with E-state index in [1.807, 2.05) is 30.3 Å². The lowest BCUT2D eigenvalue weighted by molar-refractivity contribution is 0.0514. The highest BCUT2D eigenvalue weighted by molar-refractivity contribution is 5.88. The number of hydrogen-bond acceptors (Lipinski definition) is 7. The molecule has 0 bridgehead atoms. The van der Waals surface area contributed by atoms with Crippen molar-refractivity contribution in [1.82, 2.24) is 10.1 Å². The number of hydrogen-bond donors (Lipinski definition) is 1. The fourth-order valence-corrected chi connectivity index (χ4v) is 5.17. The van der Waals surface area contributed by atoms with Gasteiger partial charge in [0, 0.05) is 31.3 Å². The molecule has 4 aromatic rings. The van der Waals surface area contributed by atoms with E-state index in [0.29, 0.717) is 18.1 Å². The first-order chi connectivity index (χ1) is 20.6. The Morgan fingerprint density at radius 2 is 1.60 bits per heavy atom. The van der Waals surface area contributed by atoms with Crippen molar-refractivity contribution in [3.05, 3.63) is 125 Å². The number of piperidine rings is 1. The number of carbonyl (C=O) groups excluding carboxylic acids is 1. The number of nitrogens with zero attached hydrogens (tertiary/aromatic N) is 2. The Bertz CT molecular complexity index is 1460. The second-order valence-corrected chi connectivity index (χ2v) is 10.2. The summed E-state index contributed by atoms with van der Waals surface area (Å²) < 4.78 is 16.2. The first-order valence-corrected chi connectivity index (χ1v) is 14.4. The van der Waals surface area contributed by atoms with Gasteiger partial charge in [-0.05, 0) is 54.7 Å². The molecule has 216 valence electrons. The molecule has 0 amide bonds. The summed E-state index contributed by atoms with van der Waals surface area (Å²) >= 11 is 0. The Kier molecular flexibility index (Phi) is 9.98. The summed E-state index contributed by atoms with van der Waals surface area (Å²) in [6.07, 6.45) is 4.83. The van der Waals surface area contributed by atoms with Crippen LogP contribution in [0.1, 0.15) is 52.7 Å². The zero-order valence-corrected chi connectivity index (χ0v) is 23.8. The number of benzene rings is 3. The van der Waals surface area contributed by atoms with Crippen LogP contribution in [0.4, 0.5) is 0 Å². The second-order valence-electron chi connectivity index (χ2n) is 10.2. The minimum atomic E-state index is -0.628. The lowest BCUT2D eigenvalue weighted by Crippen LogP contribution is -2.39. The number of rotatable bonds is 11. The minimum absolute atomic E-state index is 0.126. The number of β-amino-alcohol motifs (C(OH)–C–C–N with tert-alkyl or cyclic N) is 1. The van der Waals surface area contributed by atoms with E-state index in [1.54, 1.807) is 13.0 Å². The maximum absolute atomic E-state index is 11.8. The summed E-state index contributed by atoms with van der Waals surface area (Å²) in [5, 5.41) is 14.6. The summed E-state index contributed by atoms with van der Waals surface area (Å²) in [5.41, 5.74) is 6.22. The van der Waals surface area contributed by atoms with Crippen molar-refractivity contribution in [2.75, 3.05) is 32.8 Å². The molecule has 5 rings (SSSR count). The standard InChI is InChI=1S/C35H36N2O5/c1-2-40-35(39)32-23-31(42-36-32)18-17-26-11-9-10-16-33(26)41-25-30(38)24-37-21-19-29(20-22-37)34(27-12-5-3-6-13-27)28-14-7-4-8-15-28/h3-18,23,30,38H,2,19-22,24-25H2,1H3/b18-17+. The van der Waals surface area contributed by atoms with Gasteiger partial charge in [-0.25, -0.2) is 4.79 Å². The van der Waals surface area contributed by atoms with Crippen LogP contribution in [-0.4, -0.2) is 60.1 Å². The van der Waals surface area contributed by atoms with Crippen molar-refractivity contribution in [1.29, 1.82) is 0 Å². The molecule has 1 aliphatic rings. The lowest BCUT2D eigenvalue weighted by atomic mass is 9.88. The number of para-hydroxylation sites is 1. The van der Waals surface area contributed by atoms with E-state index in [0.717, 1.165) is 31.5 Å². The van der Waals surface area contributed by atoms with Gasteiger partial charge in [0.05, 0.1) is 6.61 Å². The quantitative estimate of drug-likeness (QED) is 0.212. The van der Waals surface area contributed by atoms with E-state index < -0.39 is 12.1 Å². The molecular weight excluding hydrogens is 528 g/mol. The highest BCUT2D eigenvalue weighted by atomic mass is 16.5. The van der Waals surface area contributed by atoms with Gasteiger partial charge in [0.25, 0.3) is 0 Å². The third-order valence-corrected chi connectivity index (χ3v) is 7.20. The van der Waals surface area contributed by atoms with Crippen LogP contribution in [0.5, 0.6) is 5.75 Å². The molecule has 1 saturated heterocycles. The summed E-state index contributed by atoms with van der Waals surface area (Å²) in [6, 6.07) is 30.3. The number of likely N-dealkylation sites (tertiary alicyclic amines) is 1. The van der Waals surface area contributed by atoms with Gasteiger partial charge >= 0.3 is 5.97 Å². The maximum atomic E-state index is 11.8. The smallest absolute Gasteiger partial charge is 0.360 e. The minimum Gasteiger partial charge on any atom is -0.490 e. The Balaban J connectivity index is 1.17. The molecule has 0 radical (unpaired) electrons. The Morgan fingerprint density at radius 1 is 0.952 bits per heavy atom. The first kappa shape index (κ1) is 29.0. The molecule has 42 heavy (non-hydrogen) atoms. The molecule has 1 atom stereocenters. The fraction of sp³-hybridized carbons (Fsp3) is 0.257. The normalized spacial score (nSPS) is 14.6. The molecule has 0 aliphatic carbocycles. The predicted octanol–water partition coefficient (Wildman–Crippen LogP) is 6.36. The van der Waals surface area contributed by atoms with Crippen LogP contribution in [0.2, 0.25) is 0 Å². The van der Waals surface area contributed by atoms with Crippen molar-refractivity contribution in [2.24, 2.45) is 0 Å². The van der Waals surface area contributed by atoms with E-state index >= 15 is 0 Å². The molecule has 0 saturated carbocycles. The zero-order valence-electron chi connectivity index (χ0n) is 23.8. The molecule has 1 fully saturated rings. The van der Waals surface area contributed by atoms with E-state index in [2.05, 4.69) is 70.7 Å². The fourth-order valence-electron chi connectivity index (χ4n) is 5.17. The zero-order chi connectivity index (χ0) is 29.1. The summed E-state index contributed by atoms with van der Waals surface area (Å²) in [7, 11) is 0. The van der Waals surface area contributed by atoms with Gasteiger partial charge in [-0.2, -0.15) is 0 Å². The summed E-state index contributed by atoms with van der Waals surface area (Å²) in [4.78, 5) is 14.1. The summed E-state index contributed by atoms with van der Waals surface area (Å²) in [6.45, 7) is 4.51. The van der Waals surface area contributed by atoms with Crippen LogP contribution in [0.15, 0.2) is 101 Å². The van der Waals surface area contributed by atoms with E-state index in [4.69, 9.17) is 14.0 Å². The monoisotopic (exact) mass is 564 g/mol. The maximum Gasteiger partial charge on any atom is 0.360 e. The van der Waals surface area contributed by atoms with E-state index in [1.165, 1.54) is 28.3 Å². The highest BCUT2D eigenvalue weighted by Crippen LogP contribution is 2.32. The average Bonchev–Trinajstić information content (AvgIpc) is 3.51. The molecule has 3 aromatic carbocycles. The average molecular weight is 565 g/mol. The molecular formula is C35H36N2O5. The molecule has 7 nitrogen and oxygen atoms in total. The third kappa shape index (κ3) is 7.63. The Hall–Kier alpha value is -4.46. The van der Waals surface area contributed by atoms with E-state index in [-0.39, 0.29) is 18.9 Å². The van der Waals surface area contributed by atoms with Gasteiger partial charge in [-0.3, -0.25) is 4.90 Å². The van der Waals surface area contributed by atoms with E-state index in [9.17, 15) is 9.90 Å². The number of carbonyl (C=O) groups is 1. The van der Waals surface area contributed by atoms with Crippen LogP contribution >= 0.6 is 0 Å². The number of ether oxygens (including phenoxy) is 2. The SMILES string of the molecule is CCOC(=O)c1cc(/C=C/c2ccccc2OCC(O)CN2CCC(=C(c3ccccc3)c3ccccc3)CC2)on1. The van der Waals surface area contributed by atoms with Crippen LogP contribution < -0.4 is 4.74 Å². The Morgan fingerprint density at radius 3 is 2.26 bits per heavy atom. The van der Waals surface area contributed by atoms with Crippen LogP contribution in [0, 0.1) is 0 Å².